The lowest BCUT2D eigenvalue weighted by atomic mass is 9.91. The Balaban J connectivity index is 2.08. The number of halogens is 7. The van der Waals surface area contributed by atoms with E-state index < -0.39 is 29.4 Å². The van der Waals surface area contributed by atoms with Gasteiger partial charge in [0.25, 0.3) is 0 Å². The van der Waals surface area contributed by atoms with Crippen LogP contribution in [0.3, 0.4) is 0 Å². The summed E-state index contributed by atoms with van der Waals surface area (Å²) in [6, 6.07) is 7.60. The van der Waals surface area contributed by atoms with E-state index in [0.717, 1.165) is 23.2 Å². The molecule has 0 bridgehead atoms. The second-order valence-electron chi connectivity index (χ2n) is 9.46. The SMILES string of the molecule is CC(C)(C)OC(=O)N(NC(=O)CCCBr)c1cc(C2=CC(c3cc(Cl)cc(Cl)c3)(C(F)(F)F)ON2)ccc1Cl. The van der Waals surface area contributed by atoms with Gasteiger partial charge >= 0.3 is 12.3 Å². The molecule has 3 rings (SSSR count). The predicted molar refractivity (Wildman–Crippen MR) is 148 cm³/mol. The first-order chi connectivity index (χ1) is 18.1. The molecule has 0 saturated heterocycles. The van der Waals surface area contributed by atoms with Gasteiger partial charge in [-0.2, -0.15) is 18.2 Å². The average molecular weight is 674 g/mol. The molecular weight excluding hydrogens is 650 g/mol. The van der Waals surface area contributed by atoms with Gasteiger partial charge in [0.2, 0.25) is 11.5 Å². The van der Waals surface area contributed by atoms with Gasteiger partial charge in [-0.15, -0.1) is 0 Å². The highest BCUT2D eigenvalue weighted by Crippen LogP contribution is 2.48. The Morgan fingerprint density at radius 3 is 2.31 bits per heavy atom. The van der Waals surface area contributed by atoms with Crippen molar-refractivity contribution in [2.75, 3.05) is 10.3 Å². The molecule has 1 aliphatic rings. The van der Waals surface area contributed by atoms with Crippen molar-refractivity contribution in [3.8, 4) is 0 Å². The van der Waals surface area contributed by atoms with Gasteiger partial charge in [0.15, 0.2) is 0 Å². The van der Waals surface area contributed by atoms with Crippen molar-refractivity contribution >= 4 is 74.1 Å². The molecule has 7 nitrogen and oxygen atoms in total. The Morgan fingerprint density at radius 2 is 1.74 bits per heavy atom. The molecule has 0 aliphatic carbocycles. The Bertz CT molecular complexity index is 1270. The smallest absolute Gasteiger partial charge is 0.434 e. The van der Waals surface area contributed by atoms with E-state index in [1.54, 1.807) is 20.8 Å². The summed E-state index contributed by atoms with van der Waals surface area (Å²) in [7, 11) is 0. The van der Waals surface area contributed by atoms with Crippen molar-refractivity contribution in [2.24, 2.45) is 0 Å². The molecule has 14 heteroatoms. The average Bonchev–Trinajstić information content (AvgIpc) is 3.27. The monoisotopic (exact) mass is 671 g/mol. The largest absolute Gasteiger partial charge is 0.442 e. The third-order valence-electron chi connectivity index (χ3n) is 5.23. The van der Waals surface area contributed by atoms with Crippen molar-refractivity contribution in [1.82, 2.24) is 10.9 Å². The molecular formula is C25H24BrCl3F3N3O4. The molecule has 0 radical (unpaired) electrons. The lowest BCUT2D eigenvalue weighted by Crippen LogP contribution is -2.48. The molecule has 0 fully saturated rings. The quantitative estimate of drug-likeness (QED) is 0.241. The topological polar surface area (TPSA) is 79.9 Å². The lowest BCUT2D eigenvalue weighted by Gasteiger charge is -2.28. The van der Waals surface area contributed by atoms with Crippen LogP contribution in [0.5, 0.6) is 0 Å². The van der Waals surface area contributed by atoms with Crippen LogP contribution in [0.15, 0.2) is 42.5 Å². The molecule has 0 spiro atoms. The van der Waals surface area contributed by atoms with Crippen molar-refractivity contribution in [3.63, 3.8) is 0 Å². The van der Waals surface area contributed by atoms with E-state index >= 15 is 0 Å². The van der Waals surface area contributed by atoms with E-state index in [9.17, 15) is 22.8 Å². The molecule has 2 amide bonds. The number of hydrazine groups is 1. The third kappa shape index (κ3) is 7.52. The summed E-state index contributed by atoms with van der Waals surface area (Å²) in [6.07, 6.45) is -4.47. The molecule has 2 aromatic rings. The highest BCUT2D eigenvalue weighted by Gasteiger charge is 2.59. The summed E-state index contributed by atoms with van der Waals surface area (Å²) in [5.74, 6) is -0.503. The number of hydroxylamine groups is 1. The molecule has 1 heterocycles. The van der Waals surface area contributed by atoms with Crippen molar-refractivity contribution in [3.05, 3.63) is 68.7 Å². The van der Waals surface area contributed by atoms with Crippen LogP contribution in [-0.4, -0.2) is 29.1 Å². The van der Waals surface area contributed by atoms with Crippen molar-refractivity contribution < 1.29 is 32.3 Å². The van der Waals surface area contributed by atoms with Crippen LogP contribution in [0.2, 0.25) is 15.1 Å². The van der Waals surface area contributed by atoms with Gasteiger partial charge in [0, 0.05) is 32.9 Å². The van der Waals surface area contributed by atoms with Crippen LogP contribution in [0.25, 0.3) is 5.70 Å². The number of anilines is 1. The number of benzene rings is 2. The number of carbonyl (C=O) groups excluding carboxylic acids is 2. The van der Waals surface area contributed by atoms with E-state index in [2.05, 4.69) is 26.8 Å². The number of nitrogens with zero attached hydrogens (tertiary/aromatic N) is 1. The fraction of sp³-hybridized carbons (Fsp3) is 0.360. The molecule has 1 atom stereocenters. The summed E-state index contributed by atoms with van der Waals surface area (Å²) in [6.45, 7) is 4.91. The first kappa shape index (κ1) is 31.3. The molecule has 39 heavy (non-hydrogen) atoms. The predicted octanol–water partition coefficient (Wildman–Crippen LogP) is 7.93. The highest BCUT2D eigenvalue weighted by molar-refractivity contribution is 9.09. The third-order valence-corrected chi connectivity index (χ3v) is 6.55. The maximum absolute atomic E-state index is 14.4. The molecule has 212 valence electrons. The summed E-state index contributed by atoms with van der Waals surface area (Å²) in [5, 5.41) is 1.38. The number of rotatable bonds is 6. The van der Waals surface area contributed by atoms with Gasteiger partial charge in [-0.3, -0.25) is 20.5 Å². The van der Waals surface area contributed by atoms with Crippen LogP contribution in [0.1, 0.15) is 44.7 Å². The maximum atomic E-state index is 14.4. The number of ether oxygens (including phenoxy) is 1. The van der Waals surface area contributed by atoms with Gasteiger partial charge < -0.3 is 4.74 Å². The number of nitrogens with one attached hydrogen (secondary N) is 2. The summed E-state index contributed by atoms with van der Waals surface area (Å²) in [5.41, 5.74) is 0.623. The first-order valence-electron chi connectivity index (χ1n) is 11.4. The van der Waals surface area contributed by atoms with E-state index in [1.807, 2.05) is 0 Å². The van der Waals surface area contributed by atoms with Gasteiger partial charge in [0.05, 0.1) is 16.4 Å². The minimum atomic E-state index is -4.92. The van der Waals surface area contributed by atoms with Crippen LogP contribution < -0.4 is 15.9 Å². The first-order valence-corrected chi connectivity index (χ1v) is 13.7. The van der Waals surface area contributed by atoms with E-state index in [-0.39, 0.29) is 44.0 Å². The summed E-state index contributed by atoms with van der Waals surface area (Å²) in [4.78, 5) is 30.7. The standard InChI is InChI=1S/C25H24BrCl3F3N3O4/c1-23(2,3)38-22(37)35(33-21(36)5-4-8-26)20-9-14(6-7-18(20)29)19-13-24(39-34-19,25(30,31)32)15-10-16(27)12-17(28)11-15/h6-7,9-13,34H,4-5,8H2,1-3H3,(H,33,36). The van der Waals surface area contributed by atoms with E-state index in [0.29, 0.717) is 11.8 Å². The van der Waals surface area contributed by atoms with E-state index in [4.69, 9.17) is 44.4 Å². The fourth-order valence-electron chi connectivity index (χ4n) is 3.53. The zero-order valence-corrected chi connectivity index (χ0v) is 24.7. The second-order valence-corrected chi connectivity index (χ2v) is 11.5. The van der Waals surface area contributed by atoms with Gasteiger partial charge in [-0.05, 0) is 63.6 Å². The van der Waals surface area contributed by atoms with Crippen LogP contribution >= 0.6 is 50.7 Å². The van der Waals surface area contributed by atoms with Gasteiger partial charge in [-0.1, -0.05) is 56.8 Å². The number of hydrogen-bond donors (Lipinski definition) is 2. The van der Waals surface area contributed by atoms with Gasteiger partial charge in [-0.25, -0.2) is 4.79 Å². The summed E-state index contributed by atoms with van der Waals surface area (Å²) < 4.78 is 48.6. The van der Waals surface area contributed by atoms with Crippen LogP contribution in [0.4, 0.5) is 23.7 Å². The molecule has 0 aromatic heterocycles. The van der Waals surface area contributed by atoms with E-state index in [1.165, 1.54) is 24.3 Å². The van der Waals surface area contributed by atoms with Crippen molar-refractivity contribution in [1.29, 1.82) is 0 Å². The molecule has 2 aromatic carbocycles. The van der Waals surface area contributed by atoms with Crippen LogP contribution in [0, 0.1) is 0 Å². The molecule has 1 aliphatic heterocycles. The minimum absolute atomic E-state index is 0.0102. The normalized spacial score (nSPS) is 17.3. The number of carbonyl (C=O) groups is 2. The molecule has 1 unspecified atom stereocenters. The summed E-state index contributed by atoms with van der Waals surface area (Å²) >= 11 is 21.5. The minimum Gasteiger partial charge on any atom is -0.442 e. The van der Waals surface area contributed by atoms with Crippen LogP contribution in [-0.2, 0) is 20.0 Å². The number of alkyl halides is 4. The zero-order valence-electron chi connectivity index (χ0n) is 20.9. The molecule has 2 N–H and O–H groups in total. The Kier molecular flexibility index (Phi) is 9.76. The van der Waals surface area contributed by atoms with Gasteiger partial charge in [0.1, 0.15) is 5.60 Å². The Labute approximate surface area is 246 Å². The second kappa shape index (κ2) is 12.1. The Hall–Kier alpha value is -2.18. The molecule has 0 saturated carbocycles. The highest BCUT2D eigenvalue weighted by atomic mass is 79.9. The number of amides is 2. The Morgan fingerprint density at radius 1 is 1.10 bits per heavy atom. The number of hydrogen-bond acceptors (Lipinski definition) is 5. The fourth-order valence-corrected chi connectivity index (χ4v) is 4.53. The lowest BCUT2D eigenvalue weighted by molar-refractivity contribution is -0.269. The zero-order chi connectivity index (χ0) is 29.2. The van der Waals surface area contributed by atoms with Crippen molar-refractivity contribution in [2.45, 2.75) is 51.0 Å². The maximum Gasteiger partial charge on any atom is 0.434 e.